The van der Waals surface area contributed by atoms with E-state index in [-0.39, 0.29) is 55.1 Å². The number of cyclic esters (lactones) is 1. The highest BCUT2D eigenvalue weighted by Crippen LogP contribution is 2.32. The summed E-state index contributed by atoms with van der Waals surface area (Å²) in [5, 5.41) is 48.3. The predicted octanol–water partition coefficient (Wildman–Crippen LogP) is -0.731. The minimum absolute atomic E-state index is 0.0188. The number of esters is 1. The van der Waals surface area contributed by atoms with E-state index < -0.39 is 88.5 Å². The maximum atomic E-state index is 12.3. The second-order valence-electron chi connectivity index (χ2n) is 9.33. The molecule has 0 aromatic carbocycles. The first-order valence-electron chi connectivity index (χ1n) is 11.4. The number of carboxylic acids is 2. The van der Waals surface area contributed by atoms with Gasteiger partial charge in [-0.2, -0.15) is 0 Å². The van der Waals surface area contributed by atoms with E-state index in [1.54, 1.807) is 0 Å². The van der Waals surface area contributed by atoms with Gasteiger partial charge in [-0.3, -0.25) is 22.8 Å². The molecule has 202 valence electrons. The van der Waals surface area contributed by atoms with Crippen molar-refractivity contribution in [3.05, 3.63) is 0 Å². The molecule has 7 unspecified atom stereocenters. The van der Waals surface area contributed by atoms with Gasteiger partial charge in [0.25, 0.3) is 0 Å². The van der Waals surface area contributed by atoms with E-state index in [2.05, 4.69) is 0 Å². The number of carboxylic acid groups (broad SMARTS) is 2. The van der Waals surface area contributed by atoms with Crippen LogP contribution >= 0.6 is 0 Å². The molecule has 2 heterocycles. The monoisotopic (exact) mass is 542 g/mol. The minimum Gasteiger partial charge on any atom is -0.481 e. The summed E-state index contributed by atoms with van der Waals surface area (Å²) in [6.07, 6.45) is -3.46. The van der Waals surface area contributed by atoms with E-state index in [0.717, 1.165) is 0 Å². The topological polar surface area (TPSA) is 205 Å². The summed E-state index contributed by atoms with van der Waals surface area (Å²) in [7, 11) is -2.55. The van der Waals surface area contributed by atoms with Gasteiger partial charge in [-0.15, -0.1) is 0 Å². The number of carbonyl (C=O) groups is 3. The van der Waals surface area contributed by atoms with Crippen LogP contribution in [0, 0.1) is 0 Å². The van der Waals surface area contributed by atoms with Gasteiger partial charge in [-0.25, -0.2) is 0 Å². The molecule has 5 N–H and O–H groups in total. The van der Waals surface area contributed by atoms with Gasteiger partial charge in [0.2, 0.25) is 0 Å². The third-order valence-electron chi connectivity index (χ3n) is 5.93. The first kappa shape index (κ1) is 29.8. The van der Waals surface area contributed by atoms with E-state index in [0.29, 0.717) is 6.42 Å². The zero-order valence-corrected chi connectivity index (χ0v) is 21.0. The molecule has 2 aliphatic heterocycles. The molecule has 0 amide bonds. The second kappa shape index (κ2) is 13.2. The van der Waals surface area contributed by atoms with E-state index in [1.165, 1.54) is 0 Å². The molecule has 7 atom stereocenters. The highest BCUT2D eigenvalue weighted by molar-refractivity contribution is 7.85. The first-order valence-corrected chi connectivity index (χ1v) is 14.4. The van der Waals surface area contributed by atoms with Crippen molar-refractivity contribution >= 4 is 39.5 Å². The molecule has 0 aromatic rings. The first-order chi connectivity index (χ1) is 16.3. The number of aliphatic hydroxyl groups is 3. The Morgan fingerprint density at radius 3 is 1.94 bits per heavy atom. The summed E-state index contributed by atoms with van der Waals surface area (Å²) in [6, 6.07) is 0. The van der Waals surface area contributed by atoms with Crippen LogP contribution < -0.4 is 0 Å². The van der Waals surface area contributed by atoms with Crippen LogP contribution in [0.15, 0.2) is 0 Å². The average Bonchev–Trinajstić information content (AvgIpc) is 2.67. The molecule has 0 spiro atoms. The smallest absolute Gasteiger partial charge is 0.309 e. The Balaban J connectivity index is 1.66. The summed E-state index contributed by atoms with van der Waals surface area (Å²) in [6.45, 7) is 0. The van der Waals surface area contributed by atoms with Crippen LogP contribution in [0.1, 0.15) is 57.8 Å². The van der Waals surface area contributed by atoms with Gasteiger partial charge in [0.05, 0.1) is 36.6 Å². The van der Waals surface area contributed by atoms with Crippen molar-refractivity contribution in [1.29, 1.82) is 0 Å². The lowest BCUT2D eigenvalue weighted by Gasteiger charge is -2.38. The molecule has 35 heavy (non-hydrogen) atoms. The number of carbonyl (C=O) groups excluding carboxylic acids is 1. The van der Waals surface area contributed by atoms with Crippen molar-refractivity contribution in [3.8, 4) is 0 Å². The van der Waals surface area contributed by atoms with Crippen LogP contribution in [0.5, 0.6) is 0 Å². The molecular weight excluding hydrogens is 508 g/mol. The maximum Gasteiger partial charge on any atom is 0.309 e. The zero-order valence-electron chi connectivity index (χ0n) is 19.3. The molecular formula is C21H34O12S2. The number of rotatable bonds is 14. The van der Waals surface area contributed by atoms with Gasteiger partial charge in [0.1, 0.15) is 6.10 Å². The predicted molar refractivity (Wildman–Crippen MR) is 123 cm³/mol. The van der Waals surface area contributed by atoms with Crippen LogP contribution in [0.3, 0.4) is 0 Å². The Labute approximate surface area is 207 Å². The quantitative estimate of drug-likeness (QED) is 0.172. The van der Waals surface area contributed by atoms with E-state index >= 15 is 0 Å². The Hall–Kier alpha value is -1.45. The van der Waals surface area contributed by atoms with Crippen LogP contribution in [0.2, 0.25) is 0 Å². The third kappa shape index (κ3) is 11.0. The Bertz CT molecular complexity index is 816. The van der Waals surface area contributed by atoms with Gasteiger partial charge in [0.15, 0.2) is 6.29 Å². The van der Waals surface area contributed by atoms with Gasteiger partial charge >= 0.3 is 17.9 Å². The molecule has 2 fully saturated rings. The van der Waals surface area contributed by atoms with E-state index in [4.69, 9.17) is 19.7 Å². The normalized spacial score (nSPS) is 33.0. The molecule has 0 bridgehead atoms. The Morgan fingerprint density at radius 2 is 1.37 bits per heavy atom. The van der Waals surface area contributed by atoms with Crippen molar-refractivity contribution < 1.29 is 57.8 Å². The highest BCUT2D eigenvalue weighted by Gasteiger charge is 2.42. The summed E-state index contributed by atoms with van der Waals surface area (Å²) in [4.78, 5) is 33.5. The minimum atomic E-state index is -1.67. The molecule has 0 saturated carbocycles. The van der Waals surface area contributed by atoms with Gasteiger partial charge in [-0.05, 0) is 19.3 Å². The molecule has 14 heteroatoms. The summed E-state index contributed by atoms with van der Waals surface area (Å²) < 4.78 is 35.0. The molecule has 12 nitrogen and oxygen atoms in total. The molecule has 0 aromatic heterocycles. The fraction of sp³-hybridized carbons (Fsp3) is 0.857. The van der Waals surface area contributed by atoms with Crippen molar-refractivity contribution in [2.45, 2.75) is 87.5 Å². The third-order valence-corrected chi connectivity index (χ3v) is 8.80. The van der Waals surface area contributed by atoms with E-state index in [1.807, 2.05) is 0 Å². The standard InChI is InChI=1S/C21H34O12S2/c22-16(23)10-20(28)8-14(32-18(26)12-20)2-6-34(30)4-1-5-35(31)7-3-15-9-21(29,11-17(24)25)13-19(27)33-15/h14-15,18,26,28-29H,1-13H2,(H,22,23)(H,24,25). The number of ether oxygens (including phenoxy) is 2. The zero-order chi connectivity index (χ0) is 26.2. The lowest BCUT2D eigenvalue weighted by atomic mass is 9.86. The largest absolute Gasteiger partial charge is 0.481 e. The fourth-order valence-electron chi connectivity index (χ4n) is 4.47. The Morgan fingerprint density at radius 1 is 0.857 bits per heavy atom. The van der Waals surface area contributed by atoms with Gasteiger partial charge in [0, 0.05) is 63.9 Å². The van der Waals surface area contributed by atoms with Crippen molar-refractivity contribution in [2.24, 2.45) is 0 Å². The highest BCUT2D eigenvalue weighted by atomic mass is 32.2. The molecule has 2 rings (SSSR count). The SMILES string of the molecule is O=C(O)CC1(O)CC(=O)OC(CCS(=O)CCCS(=O)CCC2CC(O)(CC(=O)O)CC(O)O2)C1. The lowest BCUT2D eigenvalue weighted by Crippen LogP contribution is -2.46. The van der Waals surface area contributed by atoms with Crippen molar-refractivity contribution in [1.82, 2.24) is 0 Å². The van der Waals surface area contributed by atoms with Crippen molar-refractivity contribution in [2.75, 3.05) is 23.0 Å². The van der Waals surface area contributed by atoms with Crippen LogP contribution in [-0.4, -0.2) is 105 Å². The number of hydrogen-bond donors (Lipinski definition) is 5. The molecule has 2 saturated heterocycles. The van der Waals surface area contributed by atoms with Crippen LogP contribution in [0.25, 0.3) is 0 Å². The maximum absolute atomic E-state index is 12.3. The average molecular weight is 543 g/mol. The van der Waals surface area contributed by atoms with Gasteiger partial charge in [-0.1, -0.05) is 0 Å². The fourth-order valence-corrected chi connectivity index (χ4v) is 7.04. The second-order valence-corrected chi connectivity index (χ2v) is 12.7. The Kier molecular flexibility index (Phi) is 11.2. The summed E-state index contributed by atoms with van der Waals surface area (Å²) in [5.74, 6) is -2.16. The lowest BCUT2D eigenvalue weighted by molar-refractivity contribution is -0.220. The number of hydrogen-bond acceptors (Lipinski definition) is 10. The summed E-state index contributed by atoms with van der Waals surface area (Å²) in [5.41, 5.74) is -3.26. The molecule has 2 aliphatic rings. The van der Waals surface area contributed by atoms with Crippen LogP contribution in [0.4, 0.5) is 0 Å². The number of aliphatic hydroxyl groups excluding tert-OH is 1. The van der Waals surface area contributed by atoms with Crippen molar-refractivity contribution in [3.63, 3.8) is 0 Å². The summed E-state index contributed by atoms with van der Waals surface area (Å²) >= 11 is 0. The molecule has 0 aliphatic carbocycles. The van der Waals surface area contributed by atoms with Gasteiger partial charge < -0.3 is 35.0 Å². The van der Waals surface area contributed by atoms with Crippen LogP contribution in [-0.2, 0) is 45.5 Å². The van der Waals surface area contributed by atoms with E-state index in [9.17, 15) is 38.1 Å². The number of aliphatic carboxylic acids is 2. The molecule has 0 radical (unpaired) electrons.